The molecule has 1 N–H and O–H groups in total. The number of aldehydes is 1. The summed E-state index contributed by atoms with van der Waals surface area (Å²) in [6.07, 6.45) is 8.00. The predicted molar refractivity (Wildman–Crippen MR) is 112 cm³/mol. The standard InChI is InChI=1S/C25H38O4/c1-15(2)8-9-29-14-24-12-19-17(5)6-7-20(19)23(13-26)11-18(24)10-21(16(3)4)25(23,24)22(27)28/h10,13,15-20H,6-9,11-12,14H2,1-5H3,(H,27,28)/t17?,18?,19?,20?,23-,24+,25-/m0/s1. The molecule has 3 saturated carbocycles. The Labute approximate surface area is 175 Å². The maximum absolute atomic E-state index is 13.2. The van der Waals surface area contributed by atoms with Crippen LogP contribution in [0, 0.1) is 51.8 Å². The van der Waals surface area contributed by atoms with E-state index in [0.717, 1.165) is 37.5 Å². The van der Waals surface area contributed by atoms with E-state index >= 15 is 0 Å². The normalized spacial score (nSPS) is 45.0. The molecule has 4 unspecified atom stereocenters. The molecule has 0 heterocycles. The molecule has 0 spiro atoms. The monoisotopic (exact) mass is 402 g/mol. The van der Waals surface area contributed by atoms with Crippen LogP contribution in [0.15, 0.2) is 11.6 Å². The van der Waals surface area contributed by atoms with Crippen molar-refractivity contribution in [1.29, 1.82) is 0 Å². The molecule has 3 fully saturated rings. The number of carbonyl (C=O) groups is 2. The van der Waals surface area contributed by atoms with E-state index in [9.17, 15) is 14.7 Å². The van der Waals surface area contributed by atoms with Crippen molar-refractivity contribution >= 4 is 12.3 Å². The molecule has 0 saturated heterocycles. The van der Waals surface area contributed by atoms with Crippen LogP contribution in [0.1, 0.15) is 66.7 Å². The fourth-order valence-corrected chi connectivity index (χ4v) is 8.21. The molecule has 0 amide bonds. The van der Waals surface area contributed by atoms with Gasteiger partial charge in [0.1, 0.15) is 11.7 Å². The van der Waals surface area contributed by atoms with Gasteiger partial charge in [0.05, 0.1) is 12.0 Å². The van der Waals surface area contributed by atoms with E-state index in [1.165, 1.54) is 0 Å². The summed E-state index contributed by atoms with van der Waals surface area (Å²) in [7, 11) is 0. The Balaban J connectivity index is 1.84. The van der Waals surface area contributed by atoms with Crippen molar-refractivity contribution in [2.24, 2.45) is 51.8 Å². The Hall–Kier alpha value is -1.16. The van der Waals surface area contributed by atoms with Crippen LogP contribution in [-0.2, 0) is 14.3 Å². The summed E-state index contributed by atoms with van der Waals surface area (Å²) in [5.41, 5.74) is -1.34. The second kappa shape index (κ2) is 6.93. The highest BCUT2D eigenvalue weighted by Crippen LogP contribution is 2.82. The summed E-state index contributed by atoms with van der Waals surface area (Å²) in [5, 5.41) is 10.9. The van der Waals surface area contributed by atoms with E-state index in [-0.39, 0.29) is 17.8 Å². The first kappa shape index (κ1) is 21.1. The third kappa shape index (κ3) is 2.41. The first-order valence-corrected chi connectivity index (χ1v) is 11.7. The number of carboxylic acid groups (broad SMARTS) is 1. The SMILES string of the molecule is CC(C)CCOC[C@]12CC3C(C)CCC3[C@@]3(C=O)CC1C=C(C(C)C)[C@@]23C(=O)O. The number of hydrogen-bond donors (Lipinski definition) is 1. The molecule has 0 radical (unpaired) electrons. The minimum atomic E-state index is -1.09. The average molecular weight is 403 g/mol. The molecular formula is C25H38O4. The van der Waals surface area contributed by atoms with Gasteiger partial charge in [-0.3, -0.25) is 4.79 Å². The van der Waals surface area contributed by atoms with Crippen molar-refractivity contribution in [2.45, 2.75) is 66.7 Å². The van der Waals surface area contributed by atoms with Crippen molar-refractivity contribution in [3.05, 3.63) is 11.6 Å². The zero-order valence-electron chi connectivity index (χ0n) is 18.7. The molecule has 4 aliphatic carbocycles. The Morgan fingerprint density at radius 1 is 1.28 bits per heavy atom. The second-order valence-electron chi connectivity index (χ2n) is 11.2. The lowest BCUT2D eigenvalue weighted by molar-refractivity contribution is -0.186. The number of allylic oxidation sites excluding steroid dienone is 1. The van der Waals surface area contributed by atoms with Crippen LogP contribution in [0.4, 0.5) is 0 Å². The van der Waals surface area contributed by atoms with Gasteiger partial charge in [-0.25, -0.2) is 0 Å². The minimum absolute atomic E-state index is 0.126. The fraction of sp³-hybridized carbons (Fsp3) is 0.840. The first-order chi connectivity index (χ1) is 13.7. The molecule has 0 aliphatic heterocycles. The highest BCUT2D eigenvalue weighted by atomic mass is 16.5. The molecule has 0 aromatic rings. The van der Waals surface area contributed by atoms with Gasteiger partial charge in [0.2, 0.25) is 0 Å². The topological polar surface area (TPSA) is 63.6 Å². The summed E-state index contributed by atoms with van der Waals surface area (Å²) in [6.45, 7) is 12.0. The summed E-state index contributed by atoms with van der Waals surface area (Å²) in [4.78, 5) is 26.1. The Bertz CT molecular complexity index is 724. The maximum Gasteiger partial charge on any atom is 0.315 e. The number of carbonyl (C=O) groups excluding carboxylic acids is 1. The van der Waals surface area contributed by atoms with Crippen LogP contribution in [0.3, 0.4) is 0 Å². The number of aliphatic carboxylic acids is 1. The van der Waals surface area contributed by atoms with Gasteiger partial charge >= 0.3 is 5.97 Å². The quantitative estimate of drug-likeness (QED) is 0.353. The van der Waals surface area contributed by atoms with Crippen LogP contribution in [0.2, 0.25) is 0 Å². The van der Waals surface area contributed by atoms with Gasteiger partial charge in [0, 0.05) is 12.0 Å². The molecule has 0 aromatic heterocycles. The molecule has 0 aromatic carbocycles. The highest BCUT2D eigenvalue weighted by molar-refractivity contribution is 5.90. The van der Waals surface area contributed by atoms with Crippen LogP contribution in [-0.4, -0.2) is 30.6 Å². The van der Waals surface area contributed by atoms with Crippen molar-refractivity contribution in [2.75, 3.05) is 13.2 Å². The van der Waals surface area contributed by atoms with Gasteiger partial charge in [-0.1, -0.05) is 52.7 Å². The van der Waals surface area contributed by atoms with Crippen molar-refractivity contribution in [1.82, 2.24) is 0 Å². The fourth-order valence-electron chi connectivity index (χ4n) is 8.21. The molecule has 4 rings (SSSR count). The molecule has 4 aliphatic rings. The van der Waals surface area contributed by atoms with E-state index in [2.05, 4.69) is 40.7 Å². The first-order valence-electron chi connectivity index (χ1n) is 11.7. The van der Waals surface area contributed by atoms with Gasteiger partial charge in [0.25, 0.3) is 0 Å². The van der Waals surface area contributed by atoms with Crippen LogP contribution in [0.25, 0.3) is 0 Å². The third-order valence-corrected chi connectivity index (χ3v) is 9.32. The Kier molecular flexibility index (Phi) is 5.04. The van der Waals surface area contributed by atoms with E-state index in [0.29, 0.717) is 37.4 Å². The number of fused-ring (bicyclic) bond motifs is 2. The molecule has 4 nitrogen and oxygen atoms in total. The smallest absolute Gasteiger partial charge is 0.315 e. The van der Waals surface area contributed by atoms with Gasteiger partial charge in [-0.2, -0.15) is 0 Å². The van der Waals surface area contributed by atoms with Gasteiger partial charge in [0.15, 0.2) is 0 Å². The molecular weight excluding hydrogens is 364 g/mol. The molecule has 29 heavy (non-hydrogen) atoms. The van der Waals surface area contributed by atoms with Crippen molar-refractivity contribution < 1.29 is 19.4 Å². The molecule has 4 bridgehead atoms. The summed E-state index contributed by atoms with van der Waals surface area (Å²) in [6, 6.07) is 0. The molecule has 162 valence electrons. The second-order valence-corrected chi connectivity index (χ2v) is 11.2. The van der Waals surface area contributed by atoms with Crippen molar-refractivity contribution in [3.8, 4) is 0 Å². The van der Waals surface area contributed by atoms with Gasteiger partial charge < -0.3 is 14.6 Å². The number of hydrogen-bond acceptors (Lipinski definition) is 3. The lowest BCUT2D eigenvalue weighted by Gasteiger charge is -2.58. The summed E-state index contributed by atoms with van der Waals surface area (Å²) in [5.74, 6) is 1.23. The lowest BCUT2D eigenvalue weighted by Crippen LogP contribution is -2.63. The van der Waals surface area contributed by atoms with Gasteiger partial charge in [-0.05, 0) is 61.2 Å². The maximum atomic E-state index is 13.2. The summed E-state index contributed by atoms with van der Waals surface area (Å²) >= 11 is 0. The average Bonchev–Trinajstić information content (AvgIpc) is 3.22. The Morgan fingerprint density at radius 2 is 2.00 bits per heavy atom. The highest BCUT2D eigenvalue weighted by Gasteiger charge is 2.84. The lowest BCUT2D eigenvalue weighted by atomic mass is 9.43. The van der Waals surface area contributed by atoms with E-state index in [1.807, 2.05) is 0 Å². The van der Waals surface area contributed by atoms with Crippen LogP contribution in [0.5, 0.6) is 0 Å². The summed E-state index contributed by atoms with van der Waals surface area (Å²) < 4.78 is 6.25. The van der Waals surface area contributed by atoms with E-state index in [1.54, 1.807) is 0 Å². The predicted octanol–water partition coefficient (Wildman–Crippen LogP) is 4.97. The molecule has 4 heteroatoms. The zero-order valence-corrected chi connectivity index (χ0v) is 18.7. The third-order valence-electron chi connectivity index (χ3n) is 9.32. The largest absolute Gasteiger partial charge is 0.481 e. The van der Waals surface area contributed by atoms with Gasteiger partial charge in [-0.15, -0.1) is 0 Å². The van der Waals surface area contributed by atoms with Crippen molar-refractivity contribution in [3.63, 3.8) is 0 Å². The van der Waals surface area contributed by atoms with E-state index in [4.69, 9.17) is 4.74 Å². The Morgan fingerprint density at radius 3 is 2.59 bits per heavy atom. The number of rotatable bonds is 8. The van der Waals surface area contributed by atoms with Crippen LogP contribution >= 0.6 is 0 Å². The zero-order chi connectivity index (χ0) is 21.2. The molecule has 7 atom stereocenters. The van der Waals surface area contributed by atoms with Crippen LogP contribution < -0.4 is 0 Å². The minimum Gasteiger partial charge on any atom is -0.481 e. The number of ether oxygens (including phenoxy) is 1. The van der Waals surface area contributed by atoms with E-state index < -0.39 is 22.2 Å². The number of carboxylic acids is 1.